The lowest BCUT2D eigenvalue weighted by atomic mass is 10.2. The molecule has 0 radical (unpaired) electrons. The van der Waals surface area contributed by atoms with Crippen LogP contribution in [0.15, 0.2) is 48.8 Å². The van der Waals surface area contributed by atoms with Crippen LogP contribution in [0.5, 0.6) is 5.75 Å². The molecule has 1 heterocycles. The van der Waals surface area contributed by atoms with Crippen molar-refractivity contribution < 1.29 is 14.6 Å². The first kappa shape index (κ1) is 20.8. The normalized spacial score (nSPS) is 12.1. The highest BCUT2D eigenvalue weighted by molar-refractivity contribution is 5.89. The van der Waals surface area contributed by atoms with E-state index in [1.165, 1.54) is 6.92 Å². The molecule has 0 fully saturated rings. The molecule has 0 saturated carbocycles. The highest BCUT2D eigenvalue weighted by Crippen LogP contribution is 2.21. The van der Waals surface area contributed by atoms with Gasteiger partial charge in [0.1, 0.15) is 18.5 Å². The number of carbonyl (C=O) groups excluding carboxylic acids is 1. The molecule has 0 aliphatic rings. The van der Waals surface area contributed by atoms with Crippen LogP contribution in [0.25, 0.3) is 11.0 Å². The van der Waals surface area contributed by atoms with E-state index in [4.69, 9.17) is 4.74 Å². The molecule has 7 heteroatoms. The van der Waals surface area contributed by atoms with Crippen molar-refractivity contribution in [2.75, 3.05) is 25.0 Å². The third-order valence-electron chi connectivity index (χ3n) is 4.61. The number of anilines is 1. The number of nitrogens with one attached hydrogen (secondary N) is 2. The van der Waals surface area contributed by atoms with E-state index in [9.17, 15) is 9.90 Å². The van der Waals surface area contributed by atoms with E-state index < -0.39 is 6.10 Å². The lowest BCUT2D eigenvalue weighted by molar-refractivity contribution is -0.114. The third-order valence-corrected chi connectivity index (χ3v) is 4.61. The summed E-state index contributed by atoms with van der Waals surface area (Å²) >= 11 is 0. The highest BCUT2D eigenvalue weighted by Gasteiger charge is 2.07. The molecular formula is C22H28N4O3. The molecule has 1 unspecified atom stereocenters. The Morgan fingerprint density at radius 1 is 1.28 bits per heavy atom. The number of para-hydroxylation sites is 2. The molecule has 3 rings (SSSR count). The largest absolute Gasteiger partial charge is 0.491 e. The van der Waals surface area contributed by atoms with Crippen molar-refractivity contribution in [1.29, 1.82) is 0 Å². The SMILES string of the molecule is CC(=O)Nc1ccc(OCC(O)CNCCCn2cnc3ccccc32)cc1C. The molecule has 0 saturated heterocycles. The number of ether oxygens (including phenoxy) is 1. The lowest BCUT2D eigenvalue weighted by Gasteiger charge is -2.15. The van der Waals surface area contributed by atoms with E-state index in [2.05, 4.69) is 26.3 Å². The van der Waals surface area contributed by atoms with Crippen molar-refractivity contribution in [2.45, 2.75) is 32.9 Å². The number of imidazole rings is 1. The smallest absolute Gasteiger partial charge is 0.221 e. The van der Waals surface area contributed by atoms with Crippen LogP contribution in [-0.4, -0.2) is 46.4 Å². The van der Waals surface area contributed by atoms with Crippen LogP contribution in [0, 0.1) is 6.92 Å². The summed E-state index contributed by atoms with van der Waals surface area (Å²) in [5, 5.41) is 16.1. The van der Waals surface area contributed by atoms with Gasteiger partial charge in [0.15, 0.2) is 0 Å². The van der Waals surface area contributed by atoms with Gasteiger partial charge in [0.2, 0.25) is 5.91 Å². The van der Waals surface area contributed by atoms with E-state index in [1.807, 2.05) is 37.5 Å². The number of aliphatic hydroxyl groups is 1. The number of amides is 1. The minimum atomic E-state index is -0.598. The number of aliphatic hydroxyl groups excluding tert-OH is 1. The van der Waals surface area contributed by atoms with Crippen LogP contribution < -0.4 is 15.4 Å². The first-order valence-corrected chi connectivity index (χ1v) is 9.82. The maximum atomic E-state index is 11.2. The molecule has 0 aliphatic heterocycles. The van der Waals surface area contributed by atoms with Gasteiger partial charge in [-0.15, -0.1) is 0 Å². The third kappa shape index (κ3) is 6.04. The summed E-state index contributed by atoms with van der Waals surface area (Å²) in [5.74, 6) is 0.562. The number of rotatable bonds is 10. The Labute approximate surface area is 170 Å². The predicted molar refractivity (Wildman–Crippen MR) is 114 cm³/mol. The van der Waals surface area contributed by atoms with Crippen LogP contribution >= 0.6 is 0 Å². The average Bonchev–Trinajstić information content (AvgIpc) is 3.11. The summed E-state index contributed by atoms with van der Waals surface area (Å²) in [4.78, 5) is 15.5. The highest BCUT2D eigenvalue weighted by atomic mass is 16.5. The Hall–Kier alpha value is -2.90. The summed E-state index contributed by atoms with van der Waals surface area (Å²) in [6.45, 7) is 5.73. The van der Waals surface area contributed by atoms with Crippen molar-refractivity contribution in [3.63, 3.8) is 0 Å². The fraction of sp³-hybridized carbons (Fsp3) is 0.364. The first-order valence-electron chi connectivity index (χ1n) is 9.82. The Kier molecular flexibility index (Phi) is 7.21. The minimum absolute atomic E-state index is 0.107. The standard InChI is InChI=1S/C22H28N4O3/c1-16-12-19(8-9-20(16)25-17(2)27)29-14-18(28)13-23-10-5-11-26-15-24-21-6-3-4-7-22(21)26/h3-4,6-9,12,15,18,23,28H,5,10-11,13-14H2,1-2H3,(H,25,27). The molecule has 154 valence electrons. The van der Waals surface area contributed by atoms with Gasteiger partial charge in [-0.25, -0.2) is 4.98 Å². The van der Waals surface area contributed by atoms with Crippen LogP contribution in [0.1, 0.15) is 18.9 Å². The summed E-state index contributed by atoms with van der Waals surface area (Å²) < 4.78 is 7.80. The molecule has 0 aliphatic carbocycles. The summed E-state index contributed by atoms with van der Waals surface area (Å²) in [6, 6.07) is 13.5. The van der Waals surface area contributed by atoms with Crippen LogP contribution in [0.3, 0.4) is 0 Å². The zero-order valence-corrected chi connectivity index (χ0v) is 16.9. The zero-order valence-electron chi connectivity index (χ0n) is 16.9. The van der Waals surface area contributed by atoms with Gasteiger partial charge >= 0.3 is 0 Å². The number of carbonyl (C=O) groups is 1. The average molecular weight is 396 g/mol. The van der Waals surface area contributed by atoms with Gasteiger partial charge in [-0.05, 0) is 55.8 Å². The molecule has 1 aromatic heterocycles. The predicted octanol–water partition coefficient (Wildman–Crippen LogP) is 2.72. The van der Waals surface area contributed by atoms with E-state index in [-0.39, 0.29) is 12.5 Å². The van der Waals surface area contributed by atoms with Crippen LogP contribution in [-0.2, 0) is 11.3 Å². The van der Waals surface area contributed by atoms with Crippen molar-refractivity contribution >= 4 is 22.6 Å². The van der Waals surface area contributed by atoms with Gasteiger partial charge in [-0.2, -0.15) is 0 Å². The molecule has 1 amide bonds. The quantitative estimate of drug-likeness (QED) is 0.459. The summed E-state index contributed by atoms with van der Waals surface area (Å²) in [5.41, 5.74) is 3.82. The van der Waals surface area contributed by atoms with Crippen molar-refractivity contribution in [3.8, 4) is 5.75 Å². The van der Waals surface area contributed by atoms with Crippen LogP contribution in [0.4, 0.5) is 5.69 Å². The second-order valence-electron chi connectivity index (χ2n) is 7.11. The van der Waals surface area contributed by atoms with Crippen molar-refractivity contribution in [1.82, 2.24) is 14.9 Å². The lowest BCUT2D eigenvalue weighted by Crippen LogP contribution is -2.32. The number of benzene rings is 2. The Bertz CT molecular complexity index is 954. The van der Waals surface area contributed by atoms with Gasteiger partial charge < -0.3 is 25.0 Å². The molecular weight excluding hydrogens is 368 g/mol. The molecule has 2 aromatic carbocycles. The fourth-order valence-corrected chi connectivity index (χ4v) is 3.14. The zero-order chi connectivity index (χ0) is 20.6. The second-order valence-corrected chi connectivity index (χ2v) is 7.11. The molecule has 0 spiro atoms. The van der Waals surface area contributed by atoms with Crippen LogP contribution in [0.2, 0.25) is 0 Å². The van der Waals surface area contributed by atoms with Gasteiger partial charge in [-0.1, -0.05) is 12.1 Å². The molecule has 0 bridgehead atoms. The fourth-order valence-electron chi connectivity index (χ4n) is 3.14. The van der Waals surface area contributed by atoms with Crippen molar-refractivity contribution in [2.24, 2.45) is 0 Å². The number of fused-ring (bicyclic) bond motifs is 1. The maximum Gasteiger partial charge on any atom is 0.221 e. The minimum Gasteiger partial charge on any atom is -0.491 e. The van der Waals surface area contributed by atoms with Gasteiger partial charge in [0.05, 0.1) is 17.4 Å². The van der Waals surface area contributed by atoms with Gasteiger partial charge in [-0.3, -0.25) is 4.79 Å². The molecule has 7 nitrogen and oxygen atoms in total. The van der Waals surface area contributed by atoms with Crippen molar-refractivity contribution in [3.05, 3.63) is 54.4 Å². The summed E-state index contributed by atoms with van der Waals surface area (Å²) in [7, 11) is 0. The Morgan fingerprint density at radius 3 is 2.90 bits per heavy atom. The maximum absolute atomic E-state index is 11.2. The molecule has 3 aromatic rings. The Morgan fingerprint density at radius 2 is 2.10 bits per heavy atom. The van der Waals surface area contributed by atoms with Gasteiger partial charge in [0, 0.05) is 25.7 Å². The van der Waals surface area contributed by atoms with Gasteiger partial charge in [0.25, 0.3) is 0 Å². The second kappa shape index (κ2) is 10.0. The monoisotopic (exact) mass is 396 g/mol. The first-order chi connectivity index (χ1) is 14.0. The molecule has 3 N–H and O–H groups in total. The van der Waals surface area contributed by atoms with E-state index in [0.29, 0.717) is 12.3 Å². The topological polar surface area (TPSA) is 88.4 Å². The molecule has 29 heavy (non-hydrogen) atoms. The van der Waals surface area contributed by atoms with E-state index >= 15 is 0 Å². The summed E-state index contributed by atoms with van der Waals surface area (Å²) in [6.07, 6.45) is 2.21. The van der Waals surface area contributed by atoms with E-state index in [1.54, 1.807) is 12.1 Å². The number of hydrogen-bond donors (Lipinski definition) is 3. The number of nitrogens with zero attached hydrogens (tertiary/aromatic N) is 2. The number of hydrogen-bond acceptors (Lipinski definition) is 5. The molecule has 1 atom stereocenters. The van der Waals surface area contributed by atoms with E-state index in [0.717, 1.165) is 41.8 Å². The number of aromatic nitrogens is 2. The Balaban J connectivity index is 1.34. The number of aryl methyl sites for hydroxylation is 2.